The van der Waals surface area contributed by atoms with Gasteiger partial charge in [0.15, 0.2) is 0 Å². The predicted octanol–water partition coefficient (Wildman–Crippen LogP) is 2.98. The van der Waals surface area contributed by atoms with Crippen LogP contribution < -0.4 is 5.32 Å². The summed E-state index contributed by atoms with van der Waals surface area (Å²) >= 11 is 0. The van der Waals surface area contributed by atoms with Gasteiger partial charge in [0, 0.05) is 36.6 Å². The van der Waals surface area contributed by atoms with Crippen LogP contribution in [0.4, 0.5) is 5.69 Å². The molecule has 0 fully saturated rings. The van der Waals surface area contributed by atoms with Gasteiger partial charge in [-0.25, -0.2) is 0 Å². The van der Waals surface area contributed by atoms with Crippen LogP contribution in [0.1, 0.15) is 11.1 Å². The summed E-state index contributed by atoms with van der Waals surface area (Å²) < 4.78 is 1.84. The van der Waals surface area contributed by atoms with E-state index in [1.807, 2.05) is 53.3 Å². The lowest BCUT2D eigenvalue weighted by atomic mass is 10.2. The average molecular weight is 304 g/mol. The molecule has 0 atom stereocenters. The Labute approximate surface area is 134 Å². The second-order valence-corrected chi connectivity index (χ2v) is 5.01. The Bertz CT molecular complexity index is 795. The Kier molecular flexibility index (Phi) is 4.59. The Morgan fingerprint density at radius 2 is 2.13 bits per heavy atom. The Morgan fingerprint density at radius 3 is 2.91 bits per heavy atom. The van der Waals surface area contributed by atoms with E-state index in [0.29, 0.717) is 6.54 Å². The molecule has 0 bridgehead atoms. The van der Waals surface area contributed by atoms with Crippen LogP contribution in [-0.2, 0) is 11.3 Å². The van der Waals surface area contributed by atoms with Crippen molar-refractivity contribution in [1.82, 2.24) is 14.8 Å². The van der Waals surface area contributed by atoms with Gasteiger partial charge in [0.2, 0.25) is 5.91 Å². The molecule has 0 aliphatic carbocycles. The third kappa shape index (κ3) is 4.38. The minimum absolute atomic E-state index is 0.176. The number of hydrogen-bond acceptors (Lipinski definition) is 3. The number of benzene rings is 1. The van der Waals surface area contributed by atoms with Gasteiger partial charge in [-0.2, -0.15) is 5.10 Å². The van der Waals surface area contributed by atoms with Gasteiger partial charge in [-0.15, -0.1) is 0 Å². The van der Waals surface area contributed by atoms with Gasteiger partial charge in [0.05, 0.1) is 6.54 Å². The summed E-state index contributed by atoms with van der Waals surface area (Å²) in [6.07, 6.45) is 10.3. The minimum Gasteiger partial charge on any atom is -0.323 e. The van der Waals surface area contributed by atoms with Crippen LogP contribution in [0.25, 0.3) is 6.08 Å². The van der Waals surface area contributed by atoms with Crippen LogP contribution in [0, 0.1) is 0 Å². The molecule has 1 amide bonds. The van der Waals surface area contributed by atoms with E-state index in [-0.39, 0.29) is 5.91 Å². The molecule has 0 saturated carbocycles. The number of pyridine rings is 1. The van der Waals surface area contributed by atoms with Crippen LogP contribution in [0.15, 0.2) is 73.3 Å². The Morgan fingerprint density at radius 1 is 1.17 bits per heavy atom. The summed E-state index contributed by atoms with van der Waals surface area (Å²) in [7, 11) is 0. The number of hydrogen-bond donors (Lipinski definition) is 1. The first kappa shape index (κ1) is 14.7. The van der Waals surface area contributed by atoms with Crippen LogP contribution >= 0.6 is 0 Å². The van der Waals surface area contributed by atoms with Crippen molar-refractivity contribution in [1.29, 1.82) is 0 Å². The molecule has 0 aliphatic rings. The van der Waals surface area contributed by atoms with Crippen molar-refractivity contribution in [3.8, 4) is 0 Å². The summed E-state index contributed by atoms with van der Waals surface area (Å²) in [5.74, 6) is -0.176. The highest BCUT2D eigenvalue weighted by molar-refractivity contribution is 6.01. The van der Waals surface area contributed by atoms with E-state index in [9.17, 15) is 4.79 Å². The van der Waals surface area contributed by atoms with Crippen molar-refractivity contribution in [2.24, 2.45) is 0 Å². The van der Waals surface area contributed by atoms with Crippen LogP contribution in [0.2, 0.25) is 0 Å². The number of amides is 1. The molecule has 3 aromatic rings. The molecule has 2 aromatic heterocycles. The smallest absolute Gasteiger partial charge is 0.248 e. The van der Waals surface area contributed by atoms with E-state index < -0.39 is 0 Å². The lowest BCUT2D eigenvalue weighted by Gasteiger charge is -2.06. The number of anilines is 1. The summed E-state index contributed by atoms with van der Waals surface area (Å²) in [5.41, 5.74) is 2.72. The number of nitrogens with zero attached hydrogens (tertiary/aromatic N) is 3. The highest BCUT2D eigenvalue weighted by atomic mass is 16.1. The normalized spacial score (nSPS) is 10.8. The van der Waals surface area contributed by atoms with Crippen molar-refractivity contribution < 1.29 is 4.79 Å². The summed E-state index contributed by atoms with van der Waals surface area (Å²) in [6.45, 7) is 0.669. The van der Waals surface area contributed by atoms with E-state index >= 15 is 0 Å². The zero-order valence-corrected chi connectivity index (χ0v) is 12.5. The maximum absolute atomic E-state index is 12.0. The molecule has 1 aromatic carbocycles. The highest BCUT2D eigenvalue weighted by Crippen LogP contribution is 2.12. The predicted molar refractivity (Wildman–Crippen MR) is 89.7 cm³/mol. The standard InChI is InChI=1S/C18H16N4O/c23-18(8-7-15-5-2-9-19-13-15)21-17-6-1-4-16(12-17)14-22-11-3-10-20-22/h1-13H,14H2,(H,21,23). The zero-order chi connectivity index (χ0) is 15.9. The molecule has 1 N–H and O–H groups in total. The van der Waals surface area contributed by atoms with Crippen molar-refractivity contribution in [2.45, 2.75) is 6.54 Å². The molecule has 0 aliphatic heterocycles. The number of carbonyl (C=O) groups is 1. The quantitative estimate of drug-likeness (QED) is 0.737. The van der Waals surface area contributed by atoms with Gasteiger partial charge in [0.25, 0.3) is 0 Å². The zero-order valence-electron chi connectivity index (χ0n) is 12.5. The molecule has 0 spiro atoms. The van der Waals surface area contributed by atoms with E-state index in [1.54, 1.807) is 24.7 Å². The molecule has 5 heteroatoms. The maximum atomic E-state index is 12.0. The minimum atomic E-state index is -0.176. The molecule has 23 heavy (non-hydrogen) atoms. The van der Waals surface area contributed by atoms with Gasteiger partial charge in [0.1, 0.15) is 0 Å². The lowest BCUT2D eigenvalue weighted by molar-refractivity contribution is -0.111. The third-order valence-corrected chi connectivity index (χ3v) is 3.21. The Balaban J connectivity index is 1.63. The first-order valence-electron chi connectivity index (χ1n) is 7.25. The molecule has 0 unspecified atom stereocenters. The molecule has 114 valence electrons. The second kappa shape index (κ2) is 7.17. The Hall–Kier alpha value is -3.21. The van der Waals surface area contributed by atoms with Gasteiger partial charge in [-0.05, 0) is 41.5 Å². The van der Waals surface area contributed by atoms with E-state index in [2.05, 4.69) is 15.4 Å². The molecule has 0 radical (unpaired) electrons. The molecule has 5 nitrogen and oxygen atoms in total. The first-order chi connectivity index (χ1) is 11.3. The fraction of sp³-hybridized carbons (Fsp3) is 0.0556. The van der Waals surface area contributed by atoms with Gasteiger partial charge >= 0.3 is 0 Å². The van der Waals surface area contributed by atoms with E-state index in [0.717, 1.165) is 16.8 Å². The van der Waals surface area contributed by atoms with Crippen LogP contribution in [-0.4, -0.2) is 20.7 Å². The molecule has 2 heterocycles. The van der Waals surface area contributed by atoms with E-state index in [4.69, 9.17) is 0 Å². The van der Waals surface area contributed by atoms with Crippen molar-refractivity contribution in [3.05, 3.63) is 84.5 Å². The van der Waals surface area contributed by atoms with Gasteiger partial charge < -0.3 is 5.32 Å². The number of aromatic nitrogens is 3. The third-order valence-electron chi connectivity index (χ3n) is 3.21. The van der Waals surface area contributed by atoms with Gasteiger partial charge in [-0.3, -0.25) is 14.5 Å². The summed E-state index contributed by atoms with van der Waals surface area (Å²) in [4.78, 5) is 16.0. The van der Waals surface area contributed by atoms with Crippen LogP contribution in [0.3, 0.4) is 0 Å². The molecular weight excluding hydrogens is 288 g/mol. The van der Waals surface area contributed by atoms with Gasteiger partial charge in [-0.1, -0.05) is 18.2 Å². The summed E-state index contributed by atoms with van der Waals surface area (Å²) in [6, 6.07) is 13.3. The lowest BCUT2D eigenvalue weighted by Crippen LogP contribution is -2.08. The average Bonchev–Trinajstić information content (AvgIpc) is 3.07. The van der Waals surface area contributed by atoms with Crippen LogP contribution in [0.5, 0.6) is 0 Å². The SMILES string of the molecule is O=C(C=Cc1cccnc1)Nc1cccc(Cn2cccn2)c1. The fourth-order valence-electron chi connectivity index (χ4n) is 2.16. The van der Waals surface area contributed by atoms with Crippen molar-refractivity contribution >= 4 is 17.7 Å². The van der Waals surface area contributed by atoms with Crippen molar-refractivity contribution in [2.75, 3.05) is 5.32 Å². The number of nitrogens with one attached hydrogen (secondary N) is 1. The molecule has 3 rings (SSSR count). The number of carbonyl (C=O) groups excluding carboxylic acids is 1. The maximum Gasteiger partial charge on any atom is 0.248 e. The fourth-order valence-corrected chi connectivity index (χ4v) is 2.16. The summed E-state index contributed by atoms with van der Waals surface area (Å²) in [5, 5.41) is 7.03. The number of rotatable bonds is 5. The molecular formula is C18H16N4O. The second-order valence-electron chi connectivity index (χ2n) is 5.01. The highest BCUT2D eigenvalue weighted by Gasteiger charge is 2.01. The largest absolute Gasteiger partial charge is 0.323 e. The monoisotopic (exact) mass is 304 g/mol. The van der Waals surface area contributed by atoms with E-state index in [1.165, 1.54) is 6.08 Å². The van der Waals surface area contributed by atoms with Crippen molar-refractivity contribution in [3.63, 3.8) is 0 Å². The topological polar surface area (TPSA) is 59.8 Å². The first-order valence-corrected chi connectivity index (χ1v) is 7.25. The molecule has 0 saturated heterocycles.